The van der Waals surface area contributed by atoms with Crippen molar-refractivity contribution in [1.29, 1.82) is 0 Å². The van der Waals surface area contributed by atoms with Crippen molar-refractivity contribution in [2.45, 2.75) is 12.1 Å². The van der Waals surface area contributed by atoms with Crippen molar-refractivity contribution >= 4 is 5.69 Å². The fourth-order valence-corrected chi connectivity index (χ4v) is 1.39. The van der Waals surface area contributed by atoms with Gasteiger partial charge in [-0.2, -0.15) is 0 Å². The third-order valence-electron chi connectivity index (χ3n) is 2.19. The van der Waals surface area contributed by atoms with Crippen LogP contribution in [0.3, 0.4) is 0 Å². The zero-order chi connectivity index (χ0) is 11.3. The maximum atomic E-state index is 12.4. The summed E-state index contributed by atoms with van der Waals surface area (Å²) in [5.74, 6) is 0. The first-order chi connectivity index (χ1) is 7.22. The molecule has 0 aliphatic rings. The molecule has 0 bridgehead atoms. The average Bonchev–Trinajstić information content (AvgIpc) is 2.30. The van der Waals surface area contributed by atoms with E-state index in [-0.39, 0.29) is 0 Å². The Bertz CT molecular complexity index is 292. The molecular formula is C10H15FN2O2. The summed E-state index contributed by atoms with van der Waals surface area (Å²) in [7, 11) is 1.48. The van der Waals surface area contributed by atoms with E-state index in [1.807, 2.05) is 5.48 Å². The van der Waals surface area contributed by atoms with Gasteiger partial charge in [-0.25, -0.2) is 4.39 Å². The average molecular weight is 214 g/mol. The summed E-state index contributed by atoms with van der Waals surface area (Å²) in [6.45, 7) is -0.640. The molecule has 0 aromatic heterocycles. The van der Waals surface area contributed by atoms with Gasteiger partial charge in [0.2, 0.25) is 0 Å². The Balaban J connectivity index is 2.83. The standard InChI is InChI=1S/C10H15FN2O2/c1-15-10(9(12)6-11)7-2-4-8(13-14)5-3-7/h2-5,9-10,13-14H,6,12H2,1H3. The fourth-order valence-electron chi connectivity index (χ4n) is 1.39. The van der Waals surface area contributed by atoms with Gasteiger partial charge in [0.05, 0.1) is 17.8 Å². The molecule has 4 nitrogen and oxygen atoms in total. The predicted molar refractivity (Wildman–Crippen MR) is 55.6 cm³/mol. The van der Waals surface area contributed by atoms with Crippen LogP contribution in [-0.4, -0.2) is 25.0 Å². The van der Waals surface area contributed by atoms with Crippen LogP contribution < -0.4 is 11.2 Å². The maximum Gasteiger partial charge on any atom is 0.107 e. The highest BCUT2D eigenvalue weighted by atomic mass is 19.1. The van der Waals surface area contributed by atoms with Gasteiger partial charge in [-0.15, -0.1) is 0 Å². The van der Waals surface area contributed by atoms with E-state index in [1.54, 1.807) is 24.3 Å². The summed E-state index contributed by atoms with van der Waals surface area (Å²) in [6, 6.07) is 6.09. The second kappa shape index (κ2) is 5.65. The van der Waals surface area contributed by atoms with Crippen molar-refractivity contribution in [2.24, 2.45) is 5.73 Å². The number of methoxy groups -OCH3 is 1. The Labute approximate surface area is 87.8 Å². The SMILES string of the molecule is COC(c1ccc(NO)cc1)C(N)CF. The summed E-state index contributed by atoms with van der Waals surface area (Å²) >= 11 is 0. The summed E-state index contributed by atoms with van der Waals surface area (Å²) in [6.07, 6.45) is -0.470. The molecular weight excluding hydrogens is 199 g/mol. The lowest BCUT2D eigenvalue weighted by Crippen LogP contribution is -2.31. The van der Waals surface area contributed by atoms with E-state index in [9.17, 15) is 4.39 Å². The van der Waals surface area contributed by atoms with Gasteiger partial charge in [-0.3, -0.25) is 10.7 Å². The van der Waals surface area contributed by atoms with Crippen molar-refractivity contribution in [3.63, 3.8) is 0 Å². The molecule has 1 aromatic carbocycles. The molecule has 0 fully saturated rings. The Morgan fingerprint density at radius 3 is 2.47 bits per heavy atom. The fraction of sp³-hybridized carbons (Fsp3) is 0.400. The number of halogens is 1. The maximum absolute atomic E-state index is 12.4. The molecule has 2 atom stereocenters. The molecule has 0 aliphatic heterocycles. The highest BCUT2D eigenvalue weighted by Crippen LogP contribution is 2.21. The number of hydrogen-bond donors (Lipinski definition) is 3. The number of rotatable bonds is 5. The van der Waals surface area contributed by atoms with E-state index in [0.29, 0.717) is 5.69 Å². The number of hydrogen-bond acceptors (Lipinski definition) is 4. The molecule has 1 aromatic rings. The molecule has 0 amide bonds. The number of alkyl halides is 1. The minimum absolute atomic E-state index is 0.470. The van der Waals surface area contributed by atoms with E-state index in [2.05, 4.69) is 0 Å². The Kier molecular flexibility index (Phi) is 4.48. The molecule has 84 valence electrons. The summed E-state index contributed by atoms with van der Waals surface area (Å²) in [4.78, 5) is 0. The molecule has 0 spiro atoms. The Morgan fingerprint density at radius 2 is 2.07 bits per heavy atom. The van der Waals surface area contributed by atoms with E-state index in [4.69, 9.17) is 15.7 Å². The third kappa shape index (κ3) is 2.89. The molecule has 4 N–H and O–H groups in total. The van der Waals surface area contributed by atoms with Crippen LogP contribution in [0.25, 0.3) is 0 Å². The normalized spacial score (nSPS) is 14.7. The number of ether oxygens (including phenoxy) is 1. The lowest BCUT2D eigenvalue weighted by atomic mass is 10.0. The number of nitrogens with two attached hydrogens (primary N) is 1. The number of anilines is 1. The smallest absolute Gasteiger partial charge is 0.107 e. The van der Waals surface area contributed by atoms with Gasteiger partial charge in [-0.1, -0.05) is 12.1 Å². The Hall–Kier alpha value is -1.17. The monoisotopic (exact) mass is 214 g/mol. The largest absolute Gasteiger partial charge is 0.375 e. The lowest BCUT2D eigenvalue weighted by Gasteiger charge is -2.20. The number of nitrogens with one attached hydrogen (secondary N) is 1. The van der Waals surface area contributed by atoms with Crippen LogP contribution in [-0.2, 0) is 4.74 Å². The van der Waals surface area contributed by atoms with Gasteiger partial charge in [0.25, 0.3) is 0 Å². The zero-order valence-electron chi connectivity index (χ0n) is 8.48. The highest BCUT2D eigenvalue weighted by molar-refractivity contribution is 5.42. The quantitative estimate of drug-likeness (QED) is 0.649. The molecule has 5 heteroatoms. The first-order valence-corrected chi connectivity index (χ1v) is 4.57. The van der Waals surface area contributed by atoms with Crippen LogP contribution in [0.4, 0.5) is 10.1 Å². The molecule has 0 saturated heterocycles. The minimum Gasteiger partial charge on any atom is -0.375 e. The molecule has 15 heavy (non-hydrogen) atoms. The van der Waals surface area contributed by atoms with Crippen LogP contribution >= 0.6 is 0 Å². The minimum atomic E-state index is -0.678. The highest BCUT2D eigenvalue weighted by Gasteiger charge is 2.18. The van der Waals surface area contributed by atoms with Crippen molar-refractivity contribution < 1.29 is 14.3 Å². The Morgan fingerprint density at radius 1 is 1.47 bits per heavy atom. The van der Waals surface area contributed by atoms with Crippen LogP contribution in [0.15, 0.2) is 24.3 Å². The summed E-state index contributed by atoms with van der Waals surface area (Å²) < 4.78 is 17.5. The van der Waals surface area contributed by atoms with Gasteiger partial charge in [-0.05, 0) is 17.7 Å². The third-order valence-corrected chi connectivity index (χ3v) is 2.19. The molecule has 0 saturated carbocycles. The molecule has 0 heterocycles. The van der Waals surface area contributed by atoms with Crippen molar-refractivity contribution in [2.75, 3.05) is 19.3 Å². The van der Waals surface area contributed by atoms with Gasteiger partial charge >= 0.3 is 0 Å². The van der Waals surface area contributed by atoms with Crippen LogP contribution in [0.5, 0.6) is 0 Å². The van der Waals surface area contributed by atoms with Gasteiger partial charge in [0, 0.05) is 7.11 Å². The van der Waals surface area contributed by atoms with E-state index >= 15 is 0 Å². The van der Waals surface area contributed by atoms with Crippen molar-refractivity contribution in [3.05, 3.63) is 29.8 Å². The predicted octanol–water partition coefficient (Wildman–Crippen LogP) is 1.47. The lowest BCUT2D eigenvalue weighted by molar-refractivity contribution is 0.0721. The summed E-state index contributed by atoms with van der Waals surface area (Å²) in [5, 5.41) is 8.61. The first kappa shape index (κ1) is 11.9. The van der Waals surface area contributed by atoms with E-state index in [1.165, 1.54) is 7.11 Å². The van der Waals surface area contributed by atoms with Crippen molar-refractivity contribution in [1.82, 2.24) is 0 Å². The molecule has 1 rings (SSSR count). The van der Waals surface area contributed by atoms with Gasteiger partial charge in [0.1, 0.15) is 6.67 Å². The van der Waals surface area contributed by atoms with Gasteiger partial charge < -0.3 is 10.5 Å². The second-order valence-corrected chi connectivity index (χ2v) is 3.21. The molecule has 0 aliphatic carbocycles. The van der Waals surface area contributed by atoms with Crippen LogP contribution in [0.1, 0.15) is 11.7 Å². The molecule has 0 radical (unpaired) electrons. The van der Waals surface area contributed by atoms with E-state index in [0.717, 1.165) is 5.56 Å². The first-order valence-electron chi connectivity index (χ1n) is 4.57. The van der Waals surface area contributed by atoms with Gasteiger partial charge in [0.15, 0.2) is 0 Å². The summed E-state index contributed by atoms with van der Waals surface area (Å²) in [5.41, 5.74) is 8.91. The number of benzene rings is 1. The van der Waals surface area contributed by atoms with Crippen LogP contribution in [0, 0.1) is 0 Å². The zero-order valence-corrected chi connectivity index (χ0v) is 8.48. The van der Waals surface area contributed by atoms with Crippen LogP contribution in [0.2, 0.25) is 0 Å². The molecule has 2 unspecified atom stereocenters. The topological polar surface area (TPSA) is 67.5 Å². The van der Waals surface area contributed by atoms with Crippen molar-refractivity contribution in [3.8, 4) is 0 Å². The second-order valence-electron chi connectivity index (χ2n) is 3.21. The van der Waals surface area contributed by atoms with E-state index < -0.39 is 18.8 Å².